The van der Waals surface area contributed by atoms with Crippen molar-refractivity contribution in [3.63, 3.8) is 0 Å². The van der Waals surface area contributed by atoms with Crippen LogP contribution in [0.5, 0.6) is 0 Å². The van der Waals surface area contributed by atoms with Crippen molar-refractivity contribution in [3.8, 4) is 0 Å². The average molecular weight is 371 g/mol. The maximum absolute atomic E-state index is 12.7. The summed E-state index contributed by atoms with van der Waals surface area (Å²) in [5.74, 6) is -0.837. The Morgan fingerprint density at radius 2 is 2.00 bits per heavy atom. The van der Waals surface area contributed by atoms with Crippen LogP contribution in [0.4, 0.5) is 0 Å². The van der Waals surface area contributed by atoms with Crippen molar-refractivity contribution in [2.24, 2.45) is 0 Å². The van der Waals surface area contributed by atoms with Gasteiger partial charge in [0.05, 0.1) is 12.0 Å². The summed E-state index contributed by atoms with van der Waals surface area (Å²) < 4.78 is 6.55. The van der Waals surface area contributed by atoms with Crippen LogP contribution in [0.2, 0.25) is 0 Å². The van der Waals surface area contributed by atoms with Gasteiger partial charge in [-0.2, -0.15) is 0 Å². The first-order valence-electron chi connectivity index (χ1n) is 9.47. The predicted octanol–water partition coefficient (Wildman–Crippen LogP) is 2.33. The highest BCUT2D eigenvalue weighted by atomic mass is 16.5. The van der Waals surface area contributed by atoms with Gasteiger partial charge in [0.1, 0.15) is 17.8 Å². The lowest BCUT2D eigenvalue weighted by Gasteiger charge is -2.23. The molecule has 0 spiro atoms. The van der Waals surface area contributed by atoms with Crippen LogP contribution in [0.3, 0.4) is 0 Å². The highest BCUT2D eigenvalue weighted by Gasteiger charge is 2.20. The number of rotatable bonds is 5. The molecule has 0 radical (unpaired) electrons. The molecule has 2 heterocycles. The third-order valence-corrected chi connectivity index (χ3v) is 4.84. The van der Waals surface area contributed by atoms with Gasteiger partial charge in [-0.15, -0.1) is 0 Å². The third-order valence-electron chi connectivity index (χ3n) is 4.84. The molecule has 0 saturated heterocycles. The highest BCUT2D eigenvalue weighted by molar-refractivity contribution is 5.93. The lowest BCUT2D eigenvalue weighted by atomic mass is 9.95. The van der Waals surface area contributed by atoms with Gasteiger partial charge in [-0.05, 0) is 38.8 Å². The molecule has 27 heavy (non-hydrogen) atoms. The zero-order chi connectivity index (χ0) is 19.4. The van der Waals surface area contributed by atoms with E-state index in [1.807, 2.05) is 6.92 Å². The molecule has 0 unspecified atom stereocenters. The predicted molar refractivity (Wildman–Crippen MR) is 102 cm³/mol. The molecule has 1 aliphatic carbocycles. The number of esters is 1. The van der Waals surface area contributed by atoms with Crippen LogP contribution in [0.15, 0.2) is 23.1 Å². The lowest BCUT2D eigenvalue weighted by molar-refractivity contribution is -0.122. The second-order valence-electron chi connectivity index (χ2n) is 6.95. The van der Waals surface area contributed by atoms with Crippen molar-refractivity contribution in [1.82, 2.24) is 14.9 Å². The second kappa shape index (κ2) is 8.33. The molecule has 1 fully saturated rings. The summed E-state index contributed by atoms with van der Waals surface area (Å²) in [5, 5.41) is 3.36. The molecule has 0 bridgehead atoms. The molecule has 7 heteroatoms. The van der Waals surface area contributed by atoms with Crippen LogP contribution in [0.1, 0.15) is 55.1 Å². The largest absolute Gasteiger partial charge is 0.462 e. The van der Waals surface area contributed by atoms with Crippen molar-refractivity contribution >= 4 is 22.9 Å². The van der Waals surface area contributed by atoms with Crippen LogP contribution < -0.4 is 10.7 Å². The number of fused-ring (bicyclic) bond motifs is 1. The summed E-state index contributed by atoms with van der Waals surface area (Å²) in [5.41, 5.74) is 0.611. The van der Waals surface area contributed by atoms with E-state index in [2.05, 4.69) is 10.3 Å². The molecule has 0 atom stereocenters. The fourth-order valence-electron chi connectivity index (χ4n) is 3.51. The first kappa shape index (κ1) is 19.1. The number of carbonyl (C=O) groups excluding carboxylic acids is 2. The number of aryl methyl sites for hydroxylation is 1. The van der Waals surface area contributed by atoms with Crippen molar-refractivity contribution < 1.29 is 14.3 Å². The number of nitrogens with zero attached hydrogens (tertiary/aromatic N) is 2. The Balaban J connectivity index is 1.95. The maximum atomic E-state index is 12.7. The molecule has 1 saturated carbocycles. The molecule has 0 aromatic carbocycles. The number of carbonyl (C=O) groups is 2. The zero-order valence-corrected chi connectivity index (χ0v) is 15.8. The Labute approximate surface area is 157 Å². The minimum absolute atomic E-state index is 0.00383. The molecule has 1 amide bonds. The minimum atomic E-state index is -0.689. The third kappa shape index (κ3) is 4.35. The number of aromatic nitrogens is 2. The standard InChI is InChI=1S/C20H25N3O4/c1-3-27-20(26)16-11-23(12-17(24)22-14-7-5-4-6-8-14)19-15(18(16)25)10-9-13(2)21-19/h9-11,14H,3-8,12H2,1-2H3,(H,22,24). The maximum Gasteiger partial charge on any atom is 0.343 e. The molecular formula is C20H25N3O4. The first-order chi connectivity index (χ1) is 13.0. The molecule has 1 aliphatic rings. The summed E-state index contributed by atoms with van der Waals surface area (Å²) in [4.78, 5) is 41.8. The Morgan fingerprint density at radius 1 is 1.26 bits per heavy atom. The normalized spacial score (nSPS) is 14.9. The summed E-state index contributed by atoms with van der Waals surface area (Å²) in [6.45, 7) is 3.66. The number of hydrogen-bond donors (Lipinski definition) is 1. The summed E-state index contributed by atoms with van der Waals surface area (Å²) >= 11 is 0. The van der Waals surface area contributed by atoms with Crippen molar-refractivity contribution in [3.05, 3.63) is 39.8 Å². The van der Waals surface area contributed by atoms with Crippen LogP contribution >= 0.6 is 0 Å². The fraction of sp³-hybridized carbons (Fsp3) is 0.500. The van der Waals surface area contributed by atoms with Gasteiger partial charge < -0.3 is 14.6 Å². The van der Waals surface area contributed by atoms with Gasteiger partial charge in [-0.25, -0.2) is 9.78 Å². The van der Waals surface area contributed by atoms with Crippen molar-refractivity contribution in [2.45, 2.75) is 58.5 Å². The molecular weight excluding hydrogens is 346 g/mol. The molecule has 144 valence electrons. The van der Waals surface area contributed by atoms with Gasteiger partial charge >= 0.3 is 5.97 Å². The minimum Gasteiger partial charge on any atom is -0.462 e. The molecule has 2 aromatic heterocycles. The summed E-state index contributed by atoms with van der Waals surface area (Å²) in [6.07, 6.45) is 6.82. The Hall–Kier alpha value is -2.70. The van der Waals surface area contributed by atoms with E-state index in [4.69, 9.17) is 4.74 Å². The SMILES string of the molecule is CCOC(=O)c1cn(CC(=O)NC2CCCCC2)c2nc(C)ccc2c1=O. The van der Waals surface area contributed by atoms with Crippen molar-refractivity contribution in [1.29, 1.82) is 0 Å². The zero-order valence-electron chi connectivity index (χ0n) is 15.8. The van der Waals surface area contributed by atoms with Crippen molar-refractivity contribution in [2.75, 3.05) is 6.61 Å². The number of amides is 1. The van der Waals surface area contributed by atoms with Gasteiger partial charge in [-0.3, -0.25) is 9.59 Å². The van der Waals surface area contributed by atoms with Gasteiger partial charge in [0.2, 0.25) is 11.3 Å². The van der Waals surface area contributed by atoms with E-state index in [1.165, 1.54) is 12.6 Å². The van der Waals surface area contributed by atoms with E-state index >= 15 is 0 Å². The molecule has 2 aromatic rings. The number of ether oxygens (including phenoxy) is 1. The van der Waals surface area contributed by atoms with Gasteiger partial charge in [0.15, 0.2) is 0 Å². The quantitative estimate of drug-likeness (QED) is 0.815. The van der Waals surface area contributed by atoms with Gasteiger partial charge in [0, 0.05) is 17.9 Å². The van der Waals surface area contributed by atoms with Crippen LogP contribution in [-0.4, -0.2) is 34.1 Å². The lowest BCUT2D eigenvalue weighted by Crippen LogP contribution is -2.38. The topological polar surface area (TPSA) is 90.3 Å². The number of pyridine rings is 2. The first-order valence-corrected chi connectivity index (χ1v) is 9.47. The van der Waals surface area contributed by atoms with E-state index < -0.39 is 11.4 Å². The number of hydrogen-bond acceptors (Lipinski definition) is 5. The van der Waals surface area contributed by atoms with E-state index in [-0.39, 0.29) is 30.7 Å². The summed E-state index contributed by atoms with van der Waals surface area (Å²) in [7, 11) is 0. The molecule has 7 nitrogen and oxygen atoms in total. The van der Waals surface area contributed by atoms with E-state index in [0.29, 0.717) is 11.0 Å². The van der Waals surface area contributed by atoms with E-state index in [9.17, 15) is 14.4 Å². The molecule has 1 N–H and O–H groups in total. The average Bonchev–Trinajstić information content (AvgIpc) is 2.65. The Bertz CT molecular complexity index is 913. The monoisotopic (exact) mass is 371 g/mol. The second-order valence-corrected chi connectivity index (χ2v) is 6.95. The Kier molecular flexibility index (Phi) is 5.88. The number of nitrogens with one attached hydrogen (secondary N) is 1. The van der Waals surface area contributed by atoms with Crippen LogP contribution in [0.25, 0.3) is 11.0 Å². The van der Waals surface area contributed by atoms with E-state index in [1.54, 1.807) is 23.6 Å². The highest BCUT2D eigenvalue weighted by Crippen LogP contribution is 2.17. The van der Waals surface area contributed by atoms with Crippen LogP contribution in [-0.2, 0) is 16.1 Å². The fourth-order valence-corrected chi connectivity index (χ4v) is 3.51. The van der Waals surface area contributed by atoms with Gasteiger partial charge in [-0.1, -0.05) is 19.3 Å². The Morgan fingerprint density at radius 3 is 2.70 bits per heavy atom. The smallest absolute Gasteiger partial charge is 0.343 e. The molecule has 0 aliphatic heterocycles. The summed E-state index contributed by atoms with van der Waals surface area (Å²) in [6, 6.07) is 3.54. The van der Waals surface area contributed by atoms with E-state index in [0.717, 1.165) is 31.4 Å². The van der Waals surface area contributed by atoms with Gasteiger partial charge in [0.25, 0.3) is 0 Å². The van der Waals surface area contributed by atoms with Crippen LogP contribution in [0, 0.1) is 6.92 Å². The molecule has 3 rings (SSSR count).